The van der Waals surface area contributed by atoms with E-state index >= 15 is 0 Å². The third-order valence-electron chi connectivity index (χ3n) is 1.22. The van der Waals surface area contributed by atoms with E-state index in [2.05, 4.69) is 4.98 Å². The quantitative estimate of drug-likeness (QED) is 0.614. The molecule has 0 aliphatic rings. The summed E-state index contributed by atoms with van der Waals surface area (Å²) in [6, 6.07) is 1.27. The van der Waals surface area contributed by atoms with Crippen LogP contribution < -0.4 is 0 Å². The van der Waals surface area contributed by atoms with Crippen molar-refractivity contribution >= 4 is 11.6 Å². The minimum Gasteiger partial charge on any atom is -0.257 e. The zero-order valence-corrected chi connectivity index (χ0v) is 6.32. The van der Waals surface area contributed by atoms with Crippen LogP contribution in [-0.4, -0.2) is 4.98 Å². The summed E-state index contributed by atoms with van der Waals surface area (Å²) >= 11 is 5.63. The standard InChI is InChI=1S/C7H7ClFN/c1-2-7-6(8)3-5(9)4-10-7/h3-4H,2H2,1H3. The van der Waals surface area contributed by atoms with Gasteiger partial charge >= 0.3 is 0 Å². The Hall–Kier alpha value is -0.630. The molecule has 0 saturated heterocycles. The lowest BCUT2D eigenvalue weighted by atomic mass is 10.3. The Morgan fingerprint density at radius 2 is 2.40 bits per heavy atom. The number of hydrogen-bond donors (Lipinski definition) is 0. The molecule has 0 aliphatic carbocycles. The van der Waals surface area contributed by atoms with Crippen molar-refractivity contribution in [3.05, 3.63) is 28.8 Å². The molecule has 0 aromatic carbocycles. The maximum Gasteiger partial charge on any atom is 0.142 e. The van der Waals surface area contributed by atoms with Gasteiger partial charge in [-0.15, -0.1) is 0 Å². The van der Waals surface area contributed by atoms with Crippen LogP contribution in [0.2, 0.25) is 5.02 Å². The topological polar surface area (TPSA) is 12.9 Å². The predicted octanol–water partition coefficient (Wildman–Crippen LogP) is 2.44. The summed E-state index contributed by atoms with van der Waals surface area (Å²) in [5, 5.41) is 0.405. The van der Waals surface area contributed by atoms with Crippen LogP contribution >= 0.6 is 11.6 Å². The SMILES string of the molecule is CCc1ncc(F)cc1Cl. The van der Waals surface area contributed by atoms with Crippen molar-refractivity contribution in [2.24, 2.45) is 0 Å². The molecule has 0 bridgehead atoms. The second kappa shape index (κ2) is 2.97. The molecule has 0 unspecified atom stereocenters. The number of rotatable bonds is 1. The summed E-state index contributed by atoms with van der Waals surface area (Å²) in [5.74, 6) is -0.387. The lowest BCUT2D eigenvalue weighted by Gasteiger charge is -1.97. The molecule has 0 radical (unpaired) electrons. The van der Waals surface area contributed by atoms with Gasteiger partial charge in [0.1, 0.15) is 5.82 Å². The first-order chi connectivity index (χ1) is 4.74. The number of nitrogens with zero attached hydrogens (tertiary/aromatic N) is 1. The van der Waals surface area contributed by atoms with Crippen LogP contribution in [0, 0.1) is 5.82 Å². The summed E-state index contributed by atoms with van der Waals surface area (Å²) < 4.78 is 12.3. The molecule has 0 aliphatic heterocycles. The molecular formula is C7H7ClFN. The van der Waals surface area contributed by atoms with Crippen LogP contribution in [0.4, 0.5) is 4.39 Å². The van der Waals surface area contributed by atoms with E-state index in [-0.39, 0.29) is 5.82 Å². The molecule has 1 nitrogen and oxygen atoms in total. The van der Waals surface area contributed by atoms with E-state index in [9.17, 15) is 4.39 Å². The molecule has 1 aromatic rings. The van der Waals surface area contributed by atoms with Gasteiger partial charge < -0.3 is 0 Å². The van der Waals surface area contributed by atoms with Crippen molar-refractivity contribution in [2.75, 3.05) is 0 Å². The largest absolute Gasteiger partial charge is 0.257 e. The van der Waals surface area contributed by atoms with E-state index in [0.29, 0.717) is 5.02 Å². The molecule has 0 saturated carbocycles. The van der Waals surface area contributed by atoms with Crippen molar-refractivity contribution in [3.8, 4) is 0 Å². The predicted molar refractivity (Wildman–Crippen MR) is 38.6 cm³/mol. The van der Waals surface area contributed by atoms with Gasteiger partial charge in [-0.25, -0.2) is 4.39 Å². The van der Waals surface area contributed by atoms with Crippen molar-refractivity contribution in [1.29, 1.82) is 0 Å². The summed E-state index contributed by atoms with van der Waals surface area (Å²) in [7, 11) is 0. The fourth-order valence-corrected chi connectivity index (χ4v) is 0.990. The van der Waals surface area contributed by atoms with Gasteiger partial charge in [0.15, 0.2) is 0 Å². The molecule has 1 heterocycles. The first-order valence-electron chi connectivity index (χ1n) is 3.04. The number of hydrogen-bond acceptors (Lipinski definition) is 1. The zero-order chi connectivity index (χ0) is 7.56. The molecule has 0 N–H and O–H groups in total. The number of aryl methyl sites for hydroxylation is 1. The zero-order valence-electron chi connectivity index (χ0n) is 5.56. The highest BCUT2D eigenvalue weighted by atomic mass is 35.5. The summed E-state index contributed by atoms with van der Waals surface area (Å²) in [5.41, 5.74) is 0.739. The number of halogens is 2. The van der Waals surface area contributed by atoms with Crippen LogP contribution in [0.5, 0.6) is 0 Å². The molecule has 1 rings (SSSR count). The summed E-state index contributed by atoms with van der Waals surface area (Å²) in [6.07, 6.45) is 1.91. The fraction of sp³-hybridized carbons (Fsp3) is 0.286. The fourth-order valence-electron chi connectivity index (χ4n) is 0.703. The highest BCUT2D eigenvalue weighted by molar-refractivity contribution is 6.31. The Labute approximate surface area is 63.8 Å². The Morgan fingerprint density at radius 3 is 2.90 bits per heavy atom. The minimum absolute atomic E-state index is 0.387. The van der Waals surface area contributed by atoms with Crippen molar-refractivity contribution in [1.82, 2.24) is 4.98 Å². The third-order valence-corrected chi connectivity index (χ3v) is 1.55. The highest BCUT2D eigenvalue weighted by Crippen LogP contribution is 2.14. The van der Waals surface area contributed by atoms with Gasteiger partial charge in [-0.1, -0.05) is 18.5 Å². The van der Waals surface area contributed by atoms with E-state index in [1.165, 1.54) is 12.3 Å². The van der Waals surface area contributed by atoms with Crippen LogP contribution in [0.3, 0.4) is 0 Å². The highest BCUT2D eigenvalue weighted by Gasteiger charge is 1.99. The van der Waals surface area contributed by atoms with Crippen molar-refractivity contribution in [3.63, 3.8) is 0 Å². The van der Waals surface area contributed by atoms with Gasteiger partial charge in [0.05, 0.1) is 16.9 Å². The van der Waals surface area contributed by atoms with Gasteiger partial charge in [0.2, 0.25) is 0 Å². The van der Waals surface area contributed by atoms with Crippen LogP contribution in [0.1, 0.15) is 12.6 Å². The molecule has 10 heavy (non-hydrogen) atoms. The molecule has 0 atom stereocenters. The normalized spacial score (nSPS) is 9.90. The molecule has 0 spiro atoms. The molecule has 0 amide bonds. The van der Waals surface area contributed by atoms with E-state index < -0.39 is 0 Å². The van der Waals surface area contributed by atoms with E-state index in [1.807, 2.05) is 6.92 Å². The maximum absolute atomic E-state index is 12.3. The smallest absolute Gasteiger partial charge is 0.142 e. The average molecular weight is 160 g/mol. The monoisotopic (exact) mass is 159 g/mol. The van der Waals surface area contributed by atoms with E-state index in [1.54, 1.807) is 0 Å². The second-order valence-corrected chi connectivity index (χ2v) is 2.34. The van der Waals surface area contributed by atoms with Crippen molar-refractivity contribution in [2.45, 2.75) is 13.3 Å². The molecule has 0 fully saturated rings. The van der Waals surface area contributed by atoms with Gasteiger partial charge in [0.25, 0.3) is 0 Å². The summed E-state index contributed by atoms with van der Waals surface area (Å²) in [4.78, 5) is 3.79. The van der Waals surface area contributed by atoms with Gasteiger partial charge in [-0.05, 0) is 12.5 Å². The lowest BCUT2D eigenvalue weighted by Crippen LogP contribution is -1.88. The number of pyridine rings is 1. The average Bonchev–Trinajstić information content (AvgIpc) is 1.88. The van der Waals surface area contributed by atoms with Crippen LogP contribution in [0.15, 0.2) is 12.3 Å². The first-order valence-corrected chi connectivity index (χ1v) is 3.41. The van der Waals surface area contributed by atoms with Gasteiger partial charge in [-0.3, -0.25) is 4.98 Å². The lowest BCUT2D eigenvalue weighted by molar-refractivity contribution is 0.619. The van der Waals surface area contributed by atoms with Gasteiger partial charge in [0, 0.05) is 0 Å². The molecule has 3 heteroatoms. The Morgan fingerprint density at radius 1 is 1.70 bits per heavy atom. The van der Waals surface area contributed by atoms with Crippen LogP contribution in [-0.2, 0) is 6.42 Å². The summed E-state index contributed by atoms with van der Waals surface area (Å²) in [6.45, 7) is 1.92. The Kier molecular flexibility index (Phi) is 2.22. The molecular weight excluding hydrogens is 153 g/mol. The third kappa shape index (κ3) is 1.45. The first kappa shape index (κ1) is 7.48. The maximum atomic E-state index is 12.3. The Bertz CT molecular complexity index is 237. The molecule has 1 aromatic heterocycles. The second-order valence-electron chi connectivity index (χ2n) is 1.94. The van der Waals surface area contributed by atoms with Crippen LogP contribution in [0.25, 0.3) is 0 Å². The van der Waals surface area contributed by atoms with E-state index in [0.717, 1.165) is 12.1 Å². The molecule has 54 valence electrons. The Balaban J connectivity index is 3.07. The minimum atomic E-state index is -0.387. The number of aromatic nitrogens is 1. The van der Waals surface area contributed by atoms with E-state index in [4.69, 9.17) is 11.6 Å². The van der Waals surface area contributed by atoms with Gasteiger partial charge in [-0.2, -0.15) is 0 Å². The van der Waals surface area contributed by atoms with Crippen molar-refractivity contribution < 1.29 is 4.39 Å².